The molecule has 0 heterocycles. The average Bonchev–Trinajstić information content (AvgIpc) is 2.18. The van der Waals surface area contributed by atoms with E-state index in [4.69, 9.17) is 59.4 Å². The third-order valence-corrected chi connectivity index (χ3v) is 0.524. The van der Waals surface area contributed by atoms with Gasteiger partial charge in [-0.15, -0.1) is 0 Å². The minimum atomic E-state index is -2.19. The first-order chi connectivity index (χ1) is 7.93. The van der Waals surface area contributed by atoms with E-state index in [-0.39, 0.29) is 31.1 Å². The Morgan fingerprint density at radius 3 is 0.684 bits per heavy atom. The van der Waals surface area contributed by atoms with Crippen molar-refractivity contribution in [2.45, 2.75) is 0 Å². The van der Waals surface area contributed by atoms with Crippen LogP contribution in [0.25, 0.3) is 0 Å². The van der Waals surface area contributed by atoms with Crippen LogP contribution in [-0.4, -0.2) is 51.1 Å². The number of carbonyl (C=O) groups is 6. The number of carboxylic acid groups (broad SMARTS) is 6. The van der Waals surface area contributed by atoms with Crippen molar-refractivity contribution in [2.75, 3.05) is 0 Å². The van der Waals surface area contributed by atoms with E-state index in [1.807, 2.05) is 0 Å². The molecular weight excluding hydrogens is 502 g/mol. The average molecular weight is 505 g/mol. The Bertz CT molecular complexity index is 277. The number of hydrogen-bond donors (Lipinski definition) is 3. The van der Waals surface area contributed by atoms with Crippen molar-refractivity contribution in [1.82, 2.24) is 0 Å². The van der Waals surface area contributed by atoms with Crippen LogP contribution in [0.1, 0.15) is 0 Å². The molecule has 0 spiro atoms. The van der Waals surface area contributed by atoms with Crippen molar-refractivity contribution in [3.05, 3.63) is 0 Å². The van der Waals surface area contributed by atoms with Gasteiger partial charge in [0.25, 0.3) is 0 Å². The smallest absolute Gasteiger partial charge is 0.543 e. The molecule has 0 amide bonds. The van der Waals surface area contributed by atoms with E-state index in [0.717, 1.165) is 0 Å². The molecule has 0 bridgehead atoms. The van der Waals surface area contributed by atoms with E-state index in [0.29, 0.717) is 0 Å². The molecule has 0 fully saturated rings. The van der Waals surface area contributed by atoms with Crippen molar-refractivity contribution in [1.29, 1.82) is 0 Å². The van der Waals surface area contributed by atoms with Crippen LogP contribution < -0.4 is 15.3 Å². The van der Waals surface area contributed by atoms with Crippen molar-refractivity contribution >= 4 is 35.8 Å². The van der Waals surface area contributed by atoms with Crippen LogP contribution in [0.5, 0.6) is 0 Å². The van der Waals surface area contributed by atoms with Crippen LogP contribution in [0.2, 0.25) is 0 Å². The molecule has 1 radical (unpaired) electrons. The van der Waals surface area contributed by atoms with Gasteiger partial charge in [0.2, 0.25) is 0 Å². The van der Waals surface area contributed by atoms with E-state index < -0.39 is 35.8 Å². The summed E-state index contributed by atoms with van der Waals surface area (Å²) in [6.07, 6.45) is 0. The molecule has 3 N–H and O–H groups in total. The maximum Gasteiger partial charge on any atom is 3.00 e. The van der Waals surface area contributed by atoms with E-state index in [9.17, 15) is 0 Å². The zero-order valence-corrected chi connectivity index (χ0v) is 12.7. The number of aliphatic carboxylic acids is 6. The SMILES string of the molecule is O=C(O)C(=O)O.O=C([O-])C(=O)O.O=C([O-])C(=O)[O-].[U+3]. The number of rotatable bonds is 0. The Morgan fingerprint density at radius 2 is 0.684 bits per heavy atom. The topological polar surface area (TPSA) is 232 Å². The summed E-state index contributed by atoms with van der Waals surface area (Å²) in [5.41, 5.74) is 0. The Balaban J connectivity index is -0.0000000865. The Kier molecular flexibility index (Phi) is 18.8. The largest absolute Gasteiger partial charge is 3.00 e. The zero-order chi connectivity index (χ0) is 15.5. The fourth-order valence-electron chi connectivity index (χ4n) is 0. The summed E-state index contributed by atoms with van der Waals surface area (Å²) in [7, 11) is 0. The van der Waals surface area contributed by atoms with Crippen molar-refractivity contribution in [3.8, 4) is 0 Å². The molecule has 0 aromatic carbocycles. The van der Waals surface area contributed by atoms with Crippen molar-refractivity contribution < 1.29 is 90.5 Å². The standard InChI is InChI=1S/3C2H2O4.U/c3*3-1(4)2(5)6;/h3*(H,3,4)(H,5,6);/q;;;+3/p-3. The Morgan fingerprint density at radius 1 is 0.526 bits per heavy atom. The molecule has 0 rings (SSSR count). The second-order valence-corrected chi connectivity index (χ2v) is 1.78. The van der Waals surface area contributed by atoms with E-state index >= 15 is 0 Å². The molecule has 0 aromatic rings. The van der Waals surface area contributed by atoms with Gasteiger partial charge in [-0.1, -0.05) is 0 Å². The maximum atomic E-state index is 9.10. The van der Waals surface area contributed by atoms with Gasteiger partial charge in [0.15, 0.2) is 5.97 Å². The predicted molar refractivity (Wildman–Crippen MR) is 37.9 cm³/mol. The van der Waals surface area contributed by atoms with Gasteiger partial charge in [0, 0.05) is 0 Å². The van der Waals surface area contributed by atoms with E-state index in [1.54, 1.807) is 0 Å². The molecule has 0 atom stereocenters. The fraction of sp³-hybridized carbons (Fsp3) is 0. The van der Waals surface area contributed by atoms with E-state index in [2.05, 4.69) is 0 Å². The Labute approximate surface area is 126 Å². The van der Waals surface area contributed by atoms with Gasteiger partial charge in [-0.3, -0.25) is 0 Å². The quantitative estimate of drug-likeness (QED) is 0.261. The maximum absolute atomic E-state index is 9.10. The monoisotopic (exact) mass is 505 g/mol. The summed E-state index contributed by atoms with van der Waals surface area (Å²) >= 11 is 0. The normalized spacial score (nSPS) is 6.95. The first-order valence-corrected chi connectivity index (χ1v) is 3.26. The summed E-state index contributed by atoms with van der Waals surface area (Å²) < 4.78 is 0. The number of hydrogen-bond acceptors (Lipinski definition) is 9. The molecule has 0 aliphatic rings. The molecule has 13 heteroatoms. The van der Waals surface area contributed by atoms with Crippen LogP contribution >= 0.6 is 0 Å². The van der Waals surface area contributed by atoms with Gasteiger partial charge in [0.1, 0.15) is 0 Å². The molecular formula is C6H3O12U. The molecule has 0 aliphatic carbocycles. The van der Waals surface area contributed by atoms with Gasteiger partial charge in [-0.2, -0.15) is 0 Å². The molecule has 0 saturated heterocycles. The molecule has 0 saturated carbocycles. The first kappa shape index (κ1) is 25.7. The summed E-state index contributed by atoms with van der Waals surface area (Å²) in [6.45, 7) is 0. The second kappa shape index (κ2) is 13.9. The number of carbonyl (C=O) groups excluding carboxylic acids is 3. The minimum absolute atomic E-state index is 0. The van der Waals surface area contributed by atoms with Gasteiger partial charge in [-0.25, -0.2) is 14.4 Å². The third-order valence-electron chi connectivity index (χ3n) is 0.524. The van der Waals surface area contributed by atoms with Crippen LogP contribution in [0.4, 0.5) is 0 Å². The number of carboxylic acids is 6. The molecule has 103 valence electrons. The Hall–Kier alpha value is -2.13. The van der Waals surface area contributed by atoms with Gasteiger partial charge < -0.3 is 45.0 Å². The second-order valence-electron chi connectivity index (χ2n) is 1.78. The third kappa shape index (κ3) is 31.3. The van der Waals surface area contributed by atoms with Crippen LogP contribution in [-0.2, 0) is 28.8 Å². The summed E-state index contributed by atoms with van der Waals surface area (Å²) in [5, 5.41) is 49.0. The van der Waals surface area contributed by atoms with E-state index in [1.165, 1.54) is 0 Å². The molecule has 0 unspecified atom stereocenters. The summed E-state index contributed by atoms with van der Waals surface area (Å²) in [6, 6.07) is 0. The van der Waals surface area contributed by atoms with Crippen LogP contribution in [0.3, 0.4) is 0 Å². The predicted octanol–water partition coefficient (Wildman–Crippen LogP) is -6.54. The molecule has 0 aromatic heterocycles. The van der Waals surface area contributed by atoms with Gasteiger partial charge in [-0.05, 0) is 0 Å². The molecule has 19 heavy (non-hydrogen) atoms. The van der Waals surface area contributed by atoms with Crippen molar-refractivity contribution in [2.24, 2.45) is 0 Å². The first-order valence-electron chi connectivity index (χ1n) is 3.26. The summed E-state index contributed by atoms with van der Waals surface area (Å²) in [5.74, 6) is -12.0. The summed E-state index contributed by atoms with van der Waals surface area (Å²) in [4.78, 5) is 54.1. The molecule has 12 nitrogen and oxygen atoms in total. The van der Waals surface area contributed by atoms with Crippen LogP contribution in [0, 0.1) is 31.1 Å². The van der Waals surface area contributed by atoms with Gasteiger partial charge in [0.05, 0.1) is 11.9 Å². The van der Waals surface area contributed by atoms with Crippen molar-refractivity contribution in [3.63, 3.8) is 0 Å². The van der Waals surface area contributed by atoms with Crippen LogP contribution in [0.15, 0.2) is 0 Å². The molecule has 0 aliphatic heterocycles. The van der Waals surface area contributed by atoms with Gasteiger partial charge >= 0.3 is 49.0 Å². The minimum Gasteiger partial charge on any atom is -0.543 e. The zero-order valence-electron chi connectivity index (χ0n) is 8.52. The fourth-order valence-corrected chi connectivity index (χ4v) is 0.